The Labute approximate surface area is 118 Å². The summed E-state index contributed by atoms with van der Waals surface area (Å²) in [5, 5.41) is 11.0. The summed E-state index contributed by atoms with van der Waals surface area (Å²) in [6.45, 7) is 0. The average molecular weight is 274 g/mol. The van der Waals surface area contributed by atoms with Crippen LogP contribution in [-0.2, 0) is 0 Å². The fourth-order valence-electron chi connectivity index (χ4n) is 2.62. The molecule has 19 heavy (non-hydrogen) atoms. The summed E-state index contributed by atoms with van der Waals surface area (Å²) in [7, 11) is 0. The molecule has 98 valence electrons. The second-order valence-electron chi connectivity index (χ2n) is 5.07. The third kappa shape index (κ3) is 2.51. The van der Waals surface area contributed by atoms with Crippen molar-refractivity contribution in [3.05, 3.63) is 64.4 Å². The number of halogens is 1. The molecule has 0 radical (unpaired) electrons. The smallest absolute Gasteiger partial charge is 0.129 e. The molecule has 1 aromatic carbocycles. The molecule has 1 atom stereocenters. The molecule has 0 aliphatic heterocycles. The summed E-state index contributed by atoms with van der Waals surface area (Å²) in [5.74, 6) is 0.600. The van der Waals surface area contributed by atoms with E-state index >= 15 is 0 Å². The molecule has 3 rings (SSSR count). The molecule has 1 saturated carbocycles. The Balaban J connectivity index is 1.97. The maximum atomic E-state index is 10.6. The maximum absolute atomic E-state index is 10.6. The van der Waals surface area contributed by atoms with E-state index in [2.05, 4.69) is 11.1 Å². The molecule has 1 aliphatic carbocycles. The van der Waals surface area contributed by atoms with Crippen molar-refractivity contribution in [3.8, 4) is 0 Å². The van der Waals surface area contributed by atoms with Crippen LogP contribution in [0.3, 0.4) is 0 Å². The number of pyridine rings is 1. The van der Waals surface area contributed by atoms with Gasteiger partial charge in [-0.25, -0.2) is 4.98 Å². The van der Waals surface area contributed by atoms with Crippen molar-refractivity contribution in [2.45, 2.75) is 31.3 Å². The Bertz CT molecular complexity index is 580. The molecule has 1 unspecified atom stereocenters. The fourth-order valence-corrected chi connectivity index (χ4v) is 2.80. The Morgan fingerprint density at radius 3 is 2.68 bits per heavy atom. The second kappa shape index (κ2) is 5.32. The van der Waals surface area contributed by atoms with E-state index < -0.39 is 6.10 Å². The Hall–Kier alpha value is -1.38. The highest BCUT2D eigenvalue weighted by Gasteiger charge is 2.24. The van der Waals surface area contributed by atoms with Gasteiger partial charge in [0, 0.05) is 6.20 Å². The van der Waals surface area contributed by atoms with Crippen LogP contribution in [0.5, 0.6) is 0 Å². The first kappa shape index (κ1) is 12.6. The molecule has 2 aromatic rings. The van der Waals surface area contributed by atoms with Crippen LogP contribution < -0.4 is 0 Å². The van der Waals surface area contributed by atoms with E-state index in [1.54, 1.807) is 12.3 Å². The van der Waals surface area contributed by atoms with Gasteiger partial charge in [-0.15, -0.1) is 0 Å². The molecule has 1 fully saturated rings. The minimum atomic E-state index is -0.628. The van der Waals surface area contributed by atoms with Gasteiger partial charge in [0.25, 0.3) is 0 Å². The topological polar surface area (TPSA) is 33.1 Å². The van der Waals surface area contributed by atoms with Crippen LogP contribution in [0.25, 0.3) is 0 Å². The zero-order valence-corrected chi connectivity index (χ0v) is 11.3. The first-order valence-electron chi connectivity index (χ1n) is 6.64. The first-order valence-corrected chi connectivity index (χ1v) is 7.02. The van der Waals surface area contributed by atoms with E-state index in [4.69, 9.17) is 11.6 Å². The van der Waals surface area contributed by atoms with Gasteiger partial charge in [0.1, 0.15) is 11.3 Å². The van der Waals surface area contributed by atoms with Crippen LogP contribution in [0.1, 0.15) is 48.0 Å². The van der Waals surface area contributed by atoms with Crippen molar-refractivity contribution in [1.29, 1.82) is 0 Å². The lowest BCUT2D eigenvalue weighted by atomic mass is 9.77. The van der Waals surface area contributed by atoms with Crippen molar-refractivity contribution in [3.63, 3.8) is 0 Å². The van der Waals surface area contributed by atoms with Gasteiger partial charge < -0.3 is 5.11 Å². The number of nitrogens with zero attached hydrogens (tertiary/aromatic N) is 1. The van der Waals surface area contributed by atoms with E-state index in [0.717, 1.165) is 11.1 Å². The van der Waals surface area contributed by atoms with E-state index in [-0.39, 0.29) is 0 Å². The van der Waals surface area contributed by atoms with Crippen LogP contribution in [-0.4, -0.2) is 10.1 Å². The lowest BCUT2D eigenvalue weighted by molar-refractivity contribution is 0.217. The van der Waals surface area contributed by atoms with Crippen LogP contribution in [0.4, 0.5) is 0 Å². The highest BCUT2D eigenvalue weighted by molar-refractivity contribution is 6.29. The summed E-state index contributed by atoms with van der Waals surface area (Å²) in [6.07, 6.45) is 4.74. The van der Waals surface area contributed by atoms with Gasteiger partial charge in [-0.1, -0.05) is 42.3 Å². The number of benzene rings is 1. The molecule has 2 nitrogen and oxygen atoms in total. The van der Waals surface area contributed by atoms with Gasteiger partial charge >= 0.3 is 0 Å². The minimum absolute atomic E-state index is 0.415. The number of hydrogen-bond acceptors (Lipinski definition) is 2. The number of hydrogen-bond donors (Lipinski definition) is 1. The normalized spacial score (nSPS) is 16.9. The molecule has 1 aliphatic rings. The predicted molar refractivity (Wildman–Crippen MR) is 76.3 cm³/mol. The van der Waals surface area contributed by atoms with Gasteiger partial charge in [0.2, 0.25) is 0 Å². The Kier molecular flexibility index (Phi) is 3.54. The van der Waals surface area contributed by atoms with Crippen molar-refractivity contribution in [2.24, 2.45) is 0 Å². The summed E-state index contributed by atoms with van der Waals surface area (Å²) < 4.78 is 0. The van der Waals surface area contributed by atoms with Crippen LogP contribution >= 0.6 is 11.6 Å². The second-order valence-corrected chi connectivity index (χ2v) is 5.46. The van der Waals surface area contributed by atoms with Gasteiger partial charge in [-0.3, -0.25) is 0 Å². The van der Waals surface area contributed by atoms with E-state index in [9.17, 15) is 5.11 Å². The average Bonchev–Trinajstić information content (AvgIpc) is 2.37. The van der Waals surface area contributed by atoms with E-state index in [1.165, 1.54) is 24.8 Å². The monoisotopic (exact) mass is 273 g/mol. The highest BCUT2D eigenvalue weighted by atomic mass is 35.5. The zero-order chi connectivity index (χ0) is 13.2. The maximum Gasteiger partial charge on any atom is 0.129 e. The van der Waals surface area contributed by atoms with Crippen molar-refractivity contribution in [1.82, 2.24) is 4.98 Å². The predicted octanol–water partition coefficient (Wildman–Crippen LogP) is 4.08. The van der Waals surface area contributed by atoms with Gasteiger partial charge in [-0.05, 0) is 47.6 Å². The van der Waals surface area contributed by atoms with Gasteiger partial charge in [0.15, 0.2) is 0 Å². The van der Waals surface area contributed by atoms with Crippen LogP contribution in [0, 0.1) is 0 Å². The quantitative estimate of drug-likeness (QED) is 0.855. The largest absolute Gasteiger partial charge is 0.384 e. The SMILES string of the molecule is OC(c1ccnc(Cl)c1)c1ccccc1C1CCC1. The van der Waals surface area contributed by atoms with Crippen LogP contribution in [0.15, 0.2) is 42.6 Å². The highest BCUT2D eigenvalue weighted by Crippen LogP contribution is 2.40. The third-order valence-corrected chi connectivity index (χ3v) is 4.11. The minimum Gasteiger partial charge on any atom is -0.384 e. The standard InChI is InChI=1S/C16H16ClNO/c17-15-10-12(8-9-18-15)16(19)14-7-2-1-6-13(14)11-4-3-5-11/h1-2,6-11,16,19H,3-5H2. The summed E-state index contributed by atoms with van der Waals surface area (Å²) >= 11 is 5.89. The first-order chi connectivity index (χ1) is 9.25. The van der Waals surface area contributed by atoms with Crippen molar-refractivity contribution in [2.75, 3.05) is 0 Å². The number of aromatic nitrogens is 1. The lowest BCUT2D eigenvalue weighted by Crippen LogP contribution is -2.13. The molecule has 1 N–H and O–H groups in total. The Morgan fingerprint density at radius 2 is 2.00 bits per heavy atom. The van der Waals surface area contributed by atoms with Crippen molar-refractivity contribution < 1.29 is 5.11 Å². The molecule has 3 heteroatoms. The van der Waals surface area contributed by atoms with Crippen molar-refractivity contribution >= 4 is 11.6 Å². The van der Waals surface area contributed by atoms with E-state index in [1.807, 2.05) is 24.3 Å². The number of aliphatic hydroxyl groups is 1. The zero-order valence-electron chi connectivity index (χ0n) is 10.6. The molecule has 1 heterocycles. The van der Waals surface area contributed by atoms with Gasteiger partial charge in [0.05, 0.1) is 0 Å². The van der Waals surface area contributed by atoms with Gasteiger partial charge in [-0.2, -0.15) is 0 Å². The molecule has 0 spiro atoms. The molecule has 0 saturated heterocycles. The lowest BCUT2D eigenvalue weighted by Gasteiger charge is -2.29. The summed E-state index contributed by atoms with van der Waals surface area (Å²) in [6, 6.07) is 11.7. The van der Waals surface area contributed by atoms with Crippen LogP contribution in [0.2, 0.25) is 5.15 Å². The molecule has 0 bridgehead atoms. The fraction of sp³-hybridized carbons (Fsp3) is 0.312. The molecule has 1 aromatic heterocycles. The summed E-state index contributed by atoms with van der Waals surface area (Å²) in [4.78, 5) is 3.96. The molecule has 0 amide bonds. The molecular weight excluding hydrogens is 258 g/mol. The molecular formula is C16H16ClNO. The number of rotatable bonds is 3. The number of aliphatic hydroxyl groups excluding tert-OH is 1. The third-order valence-electron chi connectivity index (χ3n) is 3.90. The van der Waals surface area contributed by atoms with E-state index in [0.29, 0.717) is 11.1 Å². The summed E-state index contributed by atoms with van der Waals surface area (Å²) in [5.41, 5.74) is 3.07. The Morgan fingerprint density at radius 1 is 1.21 bits per heavy atom.